The average Bonchev–Trinajstić information content (AvgIpc) is 2.70. The van der Waals surface area contributed by atoms with Crippen molar-refractivity contribution in [2.45, 2.75) is 26.4 Å². The molecule has 18 heavy (non-hydrogen) atoms. The number of hydrogen-bond acceptors (Lipinski definition) is 5. The van der Waals surface area contributed by atoms with Crippen LogP contribution in [0.4, 0.5) is 10.8 Å². The van der Waals surface area contributed by atoms with Crippen molar-refractivity contribution in [2.75, 3.05) is 5.32 Å². The fourth-order valence-electron chi connectivity index (χ4n) is 1.45. The van der Waals surface area contributed by atoms with Crippen LogP contribution in [0.25, 0.3) is 0 Å². The second kappa shape index (κ2) is 5.65. The summed E-state index contributed by atoms with van der Waals surface area (Å²) in [5.74, 6) is 0.649. The molecule has 0 amide bonds. The normalized spacial score (nSPS) is 12.4. The molecule has 6 heteroatoms. The van der Waals surface area contributed by atoms with E-state index in [1.807, 2.05) is 25.1 Å². The van der Waals surface area contributed by atoms with E-state index in [0.29, 0.717) is 22.4 Å². The molecule has 0 radical (unpaired) electrons. The molecule has 0 aliphatic carbocycles. The Morgan fingerprint density at radius 2 is 2.28 bits per heavy atom. The molecule has 0 saturated carbocycles. The molecular weight excluding hydrogens is 270 g/mol. The van der Waals surface area contributed by atoms with Crippen molar-refractivity contribution in [3.05, 3.63) is 34.6 Å². The maximum Gasteiger partial charge on any atom is 0.207 e. The van der Waals surface area contributed by atoms with Crippen molar-refractivity contribution >= 4 is 34.0 Å². The van der Waals surface area contributed by atoms with Crippen LogP contribution in [0.1, 0.15) is 18.3 Å². The number of benzene rings is 1. The molecule has 0 bridgehead atoms. The molecule has 0 fully saturated rings. The highest BCUT2D eigenvalue weighted by atomic mass is 35.5. The van der Waals surface area contributed by atoms with Gasteiger partial charge in [0.2, 0.25) is 5.13 Å². The number of aliphatic hydroxyl groups is 1. The molecule has 1 atom stereocenters. The van der Waals surface area contributed by atoms with Crippen LogP contribution in [0.2, 0.25) is 5.02 Å². The number of aliphatic hydroxyl groups excluding tert-OH is 1. The summed E-state index contributed by atoms with van der Waals surface area (Å²) < 4.78 is 4.17. The number of hydrogen-bond donors (Lipinski definition) is 2. The third-order valence-corrected chi connectivity index (χ3v) is 3.44. The van der Waals surface area contributed by atoms with E-state index in [0.717, 1.165) is 11.3 Å². The first-order valence-corrected chi connectivity index (χ1v) is 6.73. The first-order valence-electron chi connectivity index (χ1n) is 5.58. The summed E-state index contributed by atoms with van der Waals surface area (Å²) in [6, 6.07) is 5.74. The van der Waals surface area contributed by atoms with Crippen molar-refractivity contribution in [3.63, 3.8) is 0 Å². The lowest BCUT2D eigenvalue weighted by molar-refractivity contribution is 0.193. The predicted octanol–water partition coefficient (Wildman–Crippen LogP) is 3.17. The molecule has 2 N–H and O–H groups in total. The number of aryl methyl sites for hydroxylation is 1. The van der Waals surface area contributed by atoms with Gasteiger partial charge in [0.25, 0.3) is 0 Å². The molecule has 0 spiro atoms. The first-order chi connectivity index (χ1) is 8.54. The van der Waals surface area contributed by atoms with Gasteiger partial charge in [-0.15, -0.1) is 0 Å². The zero-order valence-electron chi connectivity index (χ0n) is 10.1. The van der Waals surface area contributed by atoms with E-state index >= 15 is 0 Å². The Labute approximate surface area is 115 Å². The quantitative estimate of drug-likeness (QED) is 0.905. The monoisotopic (exact) mass is 283 g/mol. The van der Waals surface area contributed by atoms with Crippen molar-refractivity contribution in [2.24, 2.45) is 0 Å². The van der Waals surface area contributed by atoms with Gasteiger partial charge in [-0.2, -0.15) is 4.37 Å². The Kier molecular flexibility index (Phi) is 4.16. The molecule has 0 unspecified atom stereocenters. The minimum atomic E-state index is -0.429. The van der Waals surface area contributed by atoms with Gasteiger partial charge in [0, 0.05) is 28.7 Å². The number of nitrogens with one attached hydrogen (secondary N) is 1. The molecule has 4 nitrogen and oxygen atoms in total. The fourth-order valence-corrected chi connectivity index (χ4v) is 2.24. The molecule has 2 rings (SSSR count). The van der Waals surface area contributed by atoms with Crippen LogP contribution in [-0.2, 0) is 6.42 Å². The second-order valence-electron chi connectivity index (χ2n) is 4.16. The summed E-state index contributed by atoms with van der Waals surface area (Å²) >= 11 is 7.32. The Bertz CT molecular complexity index is 542. The summed E-state index contributed by atoms with van der Waals surface area (Å²) in [5.41, 5.74) is 1.92. The van der Waals surface area contributed by atoms with Crippen LogP contribution < -0.4 is 5.32 Å². The largest absolute Gasteiger partial charge is 0.393 e. The van der Waals surface area contributed by atoms with Crippen LogP contribution in [0, 0.1) is 6.92 Å². The number of nitrogens with zero attached hydrogens (tertiary/aromatic N) is 2. The van der Waals surface area contributed by atoms with Crippen LogP contribution in [0.3, 0.4) is 0 Å². The minimum absolute atomic E-state index is 0.429. The van der Waals surface area contributed by atoms with Gasteiger partial charge in [-0.05, 0) is 31.5 Å². The van der Waals surface area contributed by atoms with E-state index in [4.69, 9.17) is 11.6 Å². The van der Waals surface area contributed by atoms with Gasteiger partial charge in [0.15, 0.2) is 0 Å². The standard InChI is InChI=1S/C12H14ClN3OS/c1-7-3-4-9(6-10(7)13)14-12-15-11(16-18-12)5-8(2)17/h3-4,6,8,17H,5H2,1-2H3,(H,14,15,16)/t8-/m1/s1. The summed E-state index contributed by atoms with van der Waals surface area (Å²) in [5, 5.41) is 13.8. The zero-order chi connectivity index (χ0) is 13.1. The Balaban J connectivity index is 2.08. The van der Waals surface area contributed by atoms with Crippen LogP contribution >= 0.6 is 23.1 Å². The topological polar surface area (TPSA) is 58.0 Å². The van der Waals surface area contributed by atoms with Crippen LogP contribution in [-0.4, -0.2) is 20.6 Å². The second-order valence-corrected chi connectivity index (χ2v) is 5.32. The Morgan fingerprint density at radius 1 is 1.50 bits per heavy atom. The maximum absolute atomic E-state index is 9.26. The highest BCUT2D eigenvalue weighted by Gasteiger charge is 2.07. The maximum atomic E-state index is 9.26. The van der Waals surface area contributed by atoms with E-state index in [2.05, 4.69) is 14.7 Å². The minimum Gasteiger partial charge on any atom is -0.393 e. The smallest absolute Gasteiger partial charge is 0.207 e. The predicted molar refractivity (Wildman–Crippen MR) is 74.8 cm³/mol. The summed E-state index contributed by atoms with van der Waals surface area (Å²) in [6.45, 7) is 3.67. The molecule has 2 aromatic rings. The van der Waals surface area contributed by atoms with Crippen molar-refractivity contribution in [1.82, 2.24) is 9.36 Å². The van der Waals surface area contributed by atoms with Crippen molar-refractivity contribution in [1.29, 1.82) is 0 Å². The van der Waals surface area contributed by atoms with E-state index in [9.17, 15) is 5.11 Å². The zero-order valence-corrected chi connectivity index (χ0v) is 11.7. The summed E-state index contributed by atoms with van der Waals surface area (Å²) in [7, 11) is 0. The van der Waals surface area contributed by atoms with Gasteiger partial charge in [0.05, 0.1) is 6.10 Å². The molecule has 96 valence electrons. The fraction of sp³-hybridized carbons (Fsp3) is 0.333. The molecule has 1 aromatic heterocycles. The number of aromatic nitrogens is 2. The lowest BCUT2D eigenvalue weighted by Crippen LogP contribution is -2.05. The van der Waals surface area contributed by atoms with Gasteiger partial charge in [0.1, 0.15) is 5.82 Å². The lowest BCUT2D eigenvalue weighted by atomic mass is 10.2. The number of anilines is 2. The first kappa shape index (κ1) is 13.3. The Morgan fingerprint density at radius 3 is 2.94 bits per heavy atom. The van der Waals surface area contributed by atoms with E-state index in [1.54, 1.807) is 6.92 Å². The van der Waals surface area contributed by atoms with Gasteiger partial charge in [-0.3, -0.25) is 0 Å². The third kappa shape index (κ3) is 3.41. The van der Waals surface area contributed by atoms with Crippen LogP contribution in [0.5, 0.6) is 0 Å². The van der Waals surface area contributed by atoms with Gasteiger partial charge >= 0.3 is 0 Å². The Hall–Kier alpha value is -1.17. The SMILES string of the molecule is Cc1ccc(Nc2nc(C[C@@H](C)O)ns2)cc1Cl. The molecule has 1 heterocycles. The van der Waals surface area contributed by atoms with E-state index < -0.39 is 6.10 Å². The average molecular weight is 284 g/mol. The third-order valence-electron chi connectivity index (χ3n) is 2.37. The summed E-state index contributed by atoms with van der Waals surface area (Å²) in [6.07, 6.45) is 0.0357. The molecule has 1 aromatic carbocycles. The highest BCUT2D eigenvalue weighted by molar-refractivity contribution is 7.09. The molecule has 0 saturated heterocycles. The van der Waals surface area contributed by atoms with Crippen molar-refractivity contribution < 1.29 is 5.11 Å². The van der Waals surface area contributed by atoms with Crippen molar-refractivity contribution in [3.8, 4) is 0 Å². The van der Waals surface area contributed by atoms with E-state index in [-0.39, 0.29) is 0 Å². The molecular formula is C12H14ClN3OS. The highest BCUT2D eigenvalue weighted by Crippen LogP contribution is 2.24. The number of rotatable bonds is 4. The number of halogens is 1. The molecule has 0 aliphatic heterocycles. The lowest BCUT2D eigenvalue weighted by Gasteiger charge is -2.04. The van der Waals surface area contributed by atoms with E-state index in [1.165, 1.54) is 11.5 Å². The van der Waals surface area contributed by atoms with Gasteiger partial charge < -0.3 is 10.4 Å². The van der Waals surface area contributed by atoms with Crippen LogP contribution in [0.15, 0.2) is 18.2 Å². The van der Waals surface area contributed by atoms with Gasteiger partial charge in [-0.1, -0.05) is 17.7 Å². The molecule has 0 aliphatic rings. The van der Waals surface area contributed by atoms with Gasteiger partial charge in [-0.25, -0.2) is 4.98 Å². The summed E-state index contributed by atoms with van der Waals surface area (Å²) in [4.78, 5) is 4.29.